The number of aliphatic hydroxyl groups is 1. The number of benzene rings is 3. The third-order valence-corrected chi connectivity index (χ3v) is 5.54. The second-order valence-corrected chi connectivity index (χ2v) is 7.87. The van der Waals surface area contributed by atoms with Crippen LogP contribution in [-0.2, 0) is 12.8 Å². The Morgan fingerprint density at radius 3 is 2.50 bits per heavy atom. The first-order valence-electron chi connectivity index (χ1n) is 10.7. The topological polar surface area (TPSA) is 55.1 Å². The Balaban J connectivity index is 1.58. The highest BCUT2D eigenvalue weighted by molar-refractivity contribution is 5.96. The minimum absolute atomic E-state index is 0.0911. The second kappa shape index (κ2) is 9.28. The van der Waals surface area contributed by atoms with E-state index in [2.05, 4.69) is 12.0 Å². The average Bonchev–Trinajstić information content (AvgIpc) is 3.22. The number of Topliss-reactive ketones (excluding diaryl/α,β-unsaturated/α-hetero) is 1. The van der Waals surface area contributed by atoms with Gasteiger partial charge in [-0.3, -0.25) is 4.79 Å². The lowest BCUT2D eigenvalue weighted by Crippen LogP contribution is -2.12. The van der Waals surface area contributed by atoms with E-state index in [9.17, 15) is 14.3 Å². The monoisotopic (exact) mass is 428 g/mol. The number of aromatic nitrogens is 2. The highest BCUT2D eigenvalue weighted by atomic mass is 19.1. The normalized spacial score (nSPS) is 12.0. The largest absolute Gasteiger partial charge is 0.384 e. The molecule has 1 unspecified atom stereocenters. The van der Waals surface area contributed by atoms with E-state index in [1.165, 1.54) is 6.07 Å². The molecule has 0 saturated heterocycles. The van der Waals surface area contributed by atoms with Crippen LogP contribution in [0.5, 0.6) is 0 Å². The summed E-state index contributed by atoms with van der Waals surface area (Å²) in [6, 6.07) is 23.2. The number of ketones is 1. The van der Waals surface area contributed by atoms with Crippen molar-refractivity contribution in [2.24, 2.45) is 0 Å². The third-order valence-electron chi connectivity index (χ3n) is 5.54. The van der Waals surface area contributed by atoms with Crippen molar-refractivity contribution in [1.29, 1.82) is 0 Å². The predicted molar refractivity (Wildman–Crippen MR) is 123 cm³/mol. The van der Waals surface area contributed by atoms with Gasteiger partial charge in [0, 0.05) is 6.42 Å². The number of aliphatic hydroxyl groups excluding tert-OH is 1. The third kappa shape index (κ3) is 4.53. The van der Waals surface area contributed by atoms with Crippen LogP contribution in [0.4, 0.5) is 4.39 Å². The highest BCUT2D eigenvalue weighted by Gasteiger charge is 2.19. The van der Waals surface area contributed by atoms with Gasteiger partial charge < -0.3 is 5.11 Å². The van der Waals surface area contributed by atoms with Crippen molar-refractivity contribution in [3.8, 4) is 5.69 Å². The molecule has 4 aromatic rings. The molecule has 0 aliphatic rings. The summed E-state index contributed by atoms with van der Waals surface area (Å²) in [5, 5.41) is 15.0. The van der Waals surface area contributed by atoms with Gasteiger partial charge >= 0.3 is 0 Å². The maximum absolute atomic E-state index is 14.8. The number of aryl methyl sites for hydroxylation is 2. The van der Waals surface area contributed by atoms with E-state index < -0.39 is 11.9 Å². The molecular weight excluding hydrogens is 403 g/mol. The number of nitrogens with zero attached hydrogens (tertiary/aromatic N) is 2. The fourth-order valence-electron chi connectivity index (χ4n) is 3.77. The summed E-state index contributed by atoms with van der Waals surface area (Å²) in [5.74, 6) is -0.732. The van der Waals surface area contributed by atoms with E-state index in [0.717, 1.165) is 23.4 Å². The molecule has 1 heterocycles. The molecule has 0 bridgehead atoms. The summed E-state index contributed by atoms with van der Waals surface area (Å²) in [6.07, 6.45) is -0.138. The molecular formula is C27H25FN2O2. The molecule has 5 heteroatoms. The van der Waals surface area contributed by atoms with Gasteiger partial charge in [-0.05, 0) is 59.9 Å². The van der Waals surface area contributed by atoms with Crippen molar-refractivity contribution in [3.63, 3.8) is 0 Å². The summed E-state index contributed by atoms with van der Waals surface area (Å²) in [4.78, 5) is 13.1. The Morgan fingerprint density at radius 2 is 1.78 bits per heavy atom. The lowest BCUT2D eigenvalue weighted by Gasteiger charge is -2.13. The van der Waals surface area contributed by atoms with Crippen molar-refractivity contribution < 1.29 is 14.3 Å². The van der Waals surface area contributed by atoms with Crippen LogP contribution in [0, 0.1) is 12.7 Å². The molecule has 32 heavy (non-hydrogen) atoms. The Kier molecular flexibility index (Phi) is 6.28. The van der Waals surface area contributed by atoms with Gasteiger partial charge in [0.25, 0.3) is 0 Å². The van der Waals surface area contributed by atoms with Crippen LogP contribution in [0.2, 0.25) is 0 Å². The van der Waals surface area contributed by atoms with Gasteiger partial charge in [-0.2, -0.15) is 5.10 Å². The lowest BCUT2D eigenvalue weighted by atomic mass is 9.98. The fraction of sp³-hybridized carbons (Fsp3) is 0.185. The molecule has 162 valence electrons. The maximum atomic E-state index is 14.8. The number of hydrogen-bond acceptors (Lipinski definition) is 3. The number of carbonyl (C=O) groups excluding carboxylic acids is 1. The van der Waals surface area contributed by atoms with Crippen molar-refractivity contribution in [1.82, 2.24) is 9.78 Å². The fourth-order valence-corrected chi connectivity index (χ4v) is 3.77. The minimum Gasteiger partial charge on any atom is -0.384 e. The van der Waals surface area contributed by atoms with Gasteiger partial charge in [0.1, 0.15) is 17.6 Å². The quantitative estimate of drug-likeness (QED) is 0.402. The first-order chi connectivity index (χ1) is 15.5. The van der Waals surface area contributed by atoms with Crippen molar-refractivity contribution in [2.45, 2.75) is 32.8 Å². The summed E-state index contributed by atoms with van der Waals surface area (Å²) < 4.78 is 16.5. The van der Waals surface area contributed by atoms with E-state index in [-0.39, 0.29) is 17.8 Å². The smallest absolute Gasteiger partial charge is 0.185 e. The summed E-state index contributed by atoms with van der Waals surface area (Å²) in [5.41, 5.74) is 4.51. The average molecular weight is 429 g/mol. The van der Waals surface area contributed by atoms with Crippen molar-refractivity contribution in [2.75, 3.05) is 0 Å². The first-order valence-corrected chi connectivity index (χ1v) is 10.7. The molecule has 1 aromatic heterocycles. The number of carbonyl (C=O) groups is 1. The molecule has 0 radical (unpaired) electrons. The summed E-state index contributed by atoms with van der Waals surface area (Å²) in [7, 11) is 0. The zero-order valence-electron chi connectivity index (χ0n) is 18.1. The van der Waals surface area contributed by atoms with E-state index in [1.807, 2.05) is 49.4 Å². The Bertz CT molecular complexity index is 1250. The molecule has 4 nitrogen and oxygen atoms in total. The van der Waals surface area contributed by atoms with Crippen LogP contribution in [0.1, 0.15) is 51.5 Å². The molecule has 0 amide bonds. The molecule has 1 N–H and O–H groups in total. The Hall–Kier alpha value is -3.57. The molecule has 1 atom stereocenters. The van der Waals surface area contributed by atoms with Crippen LogP contribution in [-0.4, -0.2) is 20.7 Å². The van der Waals surface area contributed by atoms with Gasteiger partial charge in [0.15, 0.2) is 5.78 Å². The van der Waals surface area contributed by atoms with E-state index in [1.54, 1.807) is 35.0 Å². The SMILES string of the molecule is CCc1cccc(-n2nc(C)cc2C(=O)Cc2ccc(C(O)c3ccccc3)cc2F)c1. The van der Waals surface area contributed by atoms with Crippen LogP contribution < -0.4 is 0 Å². The molecule has 4 rings (SSSR count). The van der Waals surface area contributed by atoms with Gasteiger partial charge in [-0.15, -0.1) is 0 Å². The molecule has 0 saturated carbocycles. The van der Waals surface area contributed by atoms with Gasteiger partial charge in [-0.1, -0.05) is 61.5 Å². The molecule has 0 spiro atoms. The predicted octanol–water partition coefficient (Wildman–Crippen LogP) is 5.39. The zero-order valence-corrected chi connectivity index (χ0v) is 18.1. The zero-order chi connectivity index (χ0) is 22.7. The summed E-state index contributed by atoms with van der Waals surface area (Å²) >= 11 is 0. The van der Waals surface area contributed by atoms with E-state index in [0.29, 0.717) is 16.8 Å². The number of rotatable bonds is 7. The maximum Gasteiger partial charge on any atom is 0.185 e. The van der Waals surface area contributed by atoms with Crippen LogP contribution in [0.3, 0.4) is 0 Å². The molecule has 0 fully saturated rings. The first kappa shape index (κ1) is 21.7. The van der Waals surface area contributed by atoms with Gasteiger partial charge in [-0.25, -0.2) is 9.07 Å². The Morgan fingerprint density at radius 1 is 1.00 bits per heavy atom. The van der Waals surface area contributed by atoms with Gasteiger partial charge in [0.05, 0.1) is 11.4 Å². The van der Waals surface area contributed by atoms with Crippen LogP contribution in [0.15, 0.2) is 78.9 Å². The molecule has 0 aliphatic heterocycles. The second-order valence-electron chi connectivity index (χ2n) is 7.87. The number of halogens is 1. The minimum atomic E-state index is -0.926. The standard InChI is InChI=1S/C27H25FN2O2/c1-3-19-8-7-11-23(15-19)30-25(14-18(2)29-30)26(31)17-21-12-13-22(16-24(21)28)27(32)20-9-5-4-6-10-20/h4-16,27,32H,3,17H2,1-2H3. The van der Waals surface area contributed by atoms with E-state index >= 15 is 0 Å². The summed E-state index contributed by atoms with van der Waals surface area (Å²) in [6.45, 7) is 3.90. The van der Waals surface area contributed by atoms with Gasteiger partial charge in [0.2, 0.25) is 0 Å². The van der Waals surface area contributed by atoms with Crippen molar-refractivity contribution in [3.05, 3.63) is 118 Å². The molecule has 0 aliphatic carbocycles. The number of hydrogen-bond donors (Lipinski definition) is 1. The lowest BCUT2D eigenvalue weighted by molar-refractivity contribution is 0.0984. The van der Waals surface area contributed by atoms with E-state index in [4.69, 9.17) is 0 Å². The van der Waals surface area contributed by atoms with Crippen LogP contribution >= 0.6 is 0 Å². The Labute approximate surface area is 187 Å². The molecule has 3 aromatic carbocycles. The highest BCUT2D eigenvalue weighted by Crippen LogP contribution is 2.24. The van der Waals surface area contributed by atoms with Crippen LogP contribution in [0.25, 0.3) is 5.69 Å². The van der Waals surface area contributed by atoms with Crippen molar-refractivity contribution >= 4 is 5.78 Å².